The number of likely N-dealkylation sites (N-methyl/N-ethyl adjacent to an activating group) is 1. The quantitative estimate of drug-likeness (QED) is 0.341. The molecule has 0 saturated heterocycles. The Morgan fingerprint density at radius 1 is 0.829 bits per heavy atom. The van der Waals surface area contributed by atoms with Gasteiger partial charge in [-0.15, -0.1) is 0 Å². The standard InChI is InChI=1S/C26H30NO7P/c1-20-14-23(15-24(26(20)29)31-19-25(28)27(2)3)18-34-35(30,32-16-21-10-6-4-7-11-21)33-17-22-12-8-5-9-13-22/h4-15,29H,16-19H2,1-3H3. The number of nitrogens with zero attached hydrogens (tertiary/aromatic N) is 1. The maximum absolute atomic E-state index is 13.5. The number of phosphoric acid groups is 1. The molecule has 8 nitrogen and oxygen atoms in total. The molecule has 0 unspecified atom stereocenters. The average molecular weight is 500 g/mol. The molecule has 0 bridgehead atoms. The molecule has 0 heterocycles. The maximum Gasteiger partial charge on any atom is 0.475 e. The zero-order valence-electron chi connectivity index (χ0n) is 20.0. The summed E-state index contributed by atoms with van der Waals surface area (Å²) in [4.78, 5) is 13.2. The molecule has 0 spiro atoms. The van der Waals surface area contributed by atoms with Crippen molar-refractivity contribution in [3.05, 3.63) is 95.1 Å². The number of hydrogen-bond donors (Lipinski definition) is 1. The number of aryl methyl sites for hydroxylation is 1. The molecule has 35 heavy (non-hydrogen) atoms. The second-order valence-electron chi connectivity index (χ2n) is 8.08. The fourth-order valence-corrected chi connectivity index (χ4v) is 4.15. The molecule has 3 rings (SSSR count). The Morgan fingerprint density at radius 2 is 1.31 bits per heavy atom. The van der Waals surface area contributed by atoms with E-state index in [0.717, 1.165) is 11.1 Å². The number of phenols is 1. The molecule has 0 atom stereocenters. The first-order valence-electron chi connectivity index (χ1n) is 11.0. The first kappa shape index (κ1) is 26.4. The monoisotopic (exact) mass is 499 g/mol. The molecule has 0 radical (unpaired) electrons. The number of aromatic hydroxyl groups is 1. The van der Waals surface area contributed by atoms with E-state index in [1.165, 1.54) is 11.0 Å². The van der Waals surface area contributed by atoms with Crippen molar-refractivity contribution in [1.29, 1.82) is 0 Å². The van der Waals surface area contributed by atoms with Crippen LogP contribution in [0, 0.1) is 6.92 Å². The molecular weight excluding hydrogens is 469 g/mol. The van der Waals surface area contributed by atoms with E-state index in [9.17, 15) is 14.5 Å². The highest BCUT2D eigenvalue weighted by molar-refractivity contribution is 7.48. The molecule has 0 aliphatic heterocycles. The zero-order chi connectivity index (χ0) is 25.3. The third-order valence-corrected chi connectivity index (χ3v) is 6.36. The summed E-state index contributed by atoms with van der Waals surface area (Å²) in [6.45, 7) is 1.42. The van der Waals surface area contributed by atoms with Crippen LogP contribution in [-0.4, -0.2) is 36.6 Å². The zero-order valence-corrected chi connectivity index (χ0v) is 20.9. The topological polar surface area (TPSA) is 94.5 Å². The number of benzene rings is 3. The van der Waals surface area contributed by atoms with Gasteiger partial charge in [0.2, 0.25) is 0 Å². The van der Waals surface area contributed by atoms with Gasteiger partial charge in [0.15, 0.2) is 18.1 Å². The third-order valence-electron chi connectivity index (χ3n) is 5.03. The van der Waals surface area contributed by atoms with E-state index in [4.69, 9.17) is 18.3 Å². The Balaban J connectivity index is 1.72. The van der Waals surface area contributed by atoms with Crippen LogP contribution in [0.15, 0.2) is 72.8 Å². The first-order chi connectivity index (χ1) is 16.8. The van der Waals surface area contributed by atoms with Crippen molar-refractivity contribution in [1.82, 2.24) is 4.90 Å². The molecule has 0 fully saturated rings. The SMILES string of the molecule is Cc1cc(COP(=O)(OCc2ccccc2)OCc2ccccc2)cc(OCC(=O)N(C)C)c1O. The molecule has 0 saturated carbocycles. The number of hydrogen-bond acceptors (Lipinski definition) is 7. The van der Waals surface area contributed by atoms with Gasteiger partial charge >= 0.3 is 7.82 Å². The summed E-state index contributed by atoms with van der Waals surface area (Å²) in [5.74, 6) is -0.204. The summed E-state index contributed by atoms with van der Waals surface area (Å²) in [5.41, 5.74) is 2.73. The summed E-state index contributed by atoms with van der Waals surface area (Å²) >= 11 is 0. The van der Waals surface area contributed by atoms with E-state index >= 15 is 0 Å². The van der Waals surface area contributed by atoms with Crippen molar-refractivity contribution in [2.75, 3.05) is 20.7 Å². The predicted octanol–water partition coefficient (Wildman–Crippen LogP) is 5.23. The van der Waals surface area contributed by atoms with Gasteiger partial charge in [-0.3, -0.25) is 18.4 Å². The van der Waals surface area contributed by atoms with E-state index in [2.05, 4.69) is 0 Å². The largest absolute Gasteiger partial charge is 0.504 e. The second kappa shape index (κ2) is 12.5. The lowest BCUT2D eigenvalue weighted by Gasteiger charge is -2.19. The van der Waals surface area contributed by atoms with Crippen molar-refractivity contribution < 1.29 is 32.8 Å². The molecule has 0 aliphatic rings. The third kappa shape index (κ3) is 8.23. The van der Waals surface area contributed by atoms with Crippen molar-refractivity contribution in [2.24, 2.45) is 0 Å². The van der Waals surface area contributed by atoms with Crippen LogP contribution in [0.2, 0.25) is 0 Å². The predicted molar refractivity (Wildman–Crippen MR) is 132 cm³/mol. The van der Waals surface area contributed by atoms with Gasteiger partial charge in [-0.2, -0.15) is 0 Å². The van der Waals surface area contributed by atoms with Crippen LogP contribution in [0.5, 0.6) is 11.5 Å². The van der Waals surface area contributed by atoms with Crippen molar-refractivity contribution in [3.63, 3.8) is 0 Å². The molecule has 0 aromatic heterocycles. The van der Waals surface area contributed by atoms with E-state index in [1.807, 2.05) is 60.7 Å². The minimum absolute atomic E-state index is 0.0442. The molecular formula is C26H30NO7P. The summed E-state index contributed by atoms with van der Waals surface area (Å²) in [7, 11) is -0.737. The second-order valence-corrected chi connectivity index (χ2v) is 9.74. The van der Waals surface area contributed by atoms with Gasteiger partial charge in [-0.05, 0) is 41.3 Å². The summed E-state index contributed by atoms with van der Waals surface area (Å²) in [5, 5.41) is 10.3. The highest BCUT2D eigenvalue weighted by Crippen LogP contribution is 2.52. The number of ether oxygens (including phenoxy) is 1. The Labute approximate surface area is 205 Å². The summed E-state index contributed by atoms with van der Waals surface area (Å²) in [6.07, 6.45) is 0. The van der Waals surface area contributed by atoms with E-state index in [-0.39, 0.29) is 43.8 Å². The Morgan fingerprint density at radius 3 is 1.80 bits per heavy atom. The van der Waals surface area contributed by atoms with Gasteiger partial charge in [0, 0.05) is 14.1 Å². The van der Waals surface area contributed by atoms with E-state index in [1.54, 1.807) is 27.1 Å². The lowest BCUT2D eigenvalue weighted by Crippen LogP contribution is -2.27. The minimum atomic E-state index is -3.97. The van der Waals surface area contributed by atoms with Crippen LogP contribution in [0.4, 0.5) is 0 Å². The Hall–Kier alpha value is -3.16. The molecule has 0 aliphatic carbocycles. The van der Waals surface area contributed by atoms with Crippen LogP contribution in [-0.2, 0) is 42.8 Å². The van der Waals surface area contributed by atoms with E-state index < -0.39 is 7.82 Å². The summed E-state index contributed by atoms with van der Waals surface area (Å²) < 4.78 is 35.9. The maximum atomic E-state index is 13.5. The smallest absolute Gasteiger partial charge is 0.475 e. The molecule has 1 N–H and O–H groups in total. The van der Waals surface area contributed by atoms with Crippen molar-refractivity contribution >= 4 is 13.7 Å². The van der Waals surface area contributed by atoms with Gasteiger partial charge in [0.25, 0.3) is 5.91 Å². The lowest BCUT2D eigenvalue weighted by molar-refractivity contribution is -0.130. The average Bonchev–Trinajstić information content (AvgIpc) is 2.87. The minimum Gasteiger partial charge on any atom is -0.504 e. The van der Waals surface area contributed by atoms with Crippen LogP contribution in [0.1, 0.15) is 22.3 Å². The van der Waals surface area contributed by atoms with Crippen molar-refractivity contribution in [2.45, 2.75) is 26.7 Å². The lowest BCUT2D eigenvalue weighted by atomic mass is 10.1. The fourth-order valence-electron chi connectivity index (χ4n) is 3.00. The molecule has 1 amide bonds. The Bertz CT molecular complexity index is 1110. The number of phenolic OH excluding ortho intramolecular Hbond substituents is 1. The fraction of sp³-hybridized carbons (Fsp3) is 0.269. The molecule has 9 heteroatoms. The molecule has 186 valence electrons. The van der Waals surface area contributed by atoms with Gasteiger partial charge in [-0.1, -0.05) is 60.7 Å². The number of carbonyl (C=O) groups is 1. The molecule has 3 aromatic rings. The van der Waals surface area contributed by atoms with Crippen LogP contribution >= 0.6 is 7.82 Å². The number of carbonyl (C=O) groups excluding carboxylic acids is 1. The molecule has 3 aromatic carbocycles. The number of phosphoric ester groups is 1. The van der Waals surface area contributed by atoms with Gasteiger partial charge in [-0.25, -0.2) is 4.57 Å². The highest BCUT2D eigenvalue weighted by Gasteiger charge is 2.27. The normalized spacial score (nSPS) is 11.3. The van der Waals surface area contributed by atoms with Crippen LogP contribution in [0.3, 0.4) is 0 Å². The van der Waals surface area contributed by atoms with E-state index in [0.29, 0.717) is 11.1 Å². The van der Waals surface area contributed by atoms with Gasteiger partial charge in [0.05, 0.1) is 19.8 Å². The first-order valence-corrected chi connectivity index (χ1v) is 12.5. The van der Waals surface area contributed by atoms with Crippen LogP contribution < -0.4 is 4.74 Å². The van der Waals surface area contributed by atoms with Crippen molar-refractivity contribution in [3.8, 4) is 11.5 Å². The highest BCUT2D eigenvalue weighted by atomic mass is 31.2. The van der Waals surface area contributed by atoms with Crippen LogP contribution in [0.25, 0.3) is 0 Å². The number of amides is 1. The summed E-state index contributed by atoms with van der Waals surface area (Å²) in [6, 6.07) is 21.8. The van der Waals surface area contributed by atoms with Gasteiger partial charge in [0.1, 0.15) is 0 Å². The van der Waals surface area contributed by atoms with Gasteiger partial charge < -0.3 is 14.7 Å². The Kier molecular flexibility index (Phi) is 9.46. The number of rotatable bonds is 12.